The van der Waals surface area contributed by atoms with Crippen LogP contribution in [0.25, 0.3) is 10.8 Å². The van der Waals surface area contributed by atoms with Crippen molar-refractivity contribution in [2.45, 2.75) is 31.6 Å². The molecule has 3 aliphatic heterocycles. The maximum absolute atomic E-state index is 6.08. The Morgan fingerprint density at radius 3 is 2.72 bits per heavy atom. The van der Waals surface area contributed by atoms with Gasteiger partial charge in [0.2, 0.25) is 0 Å². The predicted octanol–water partition coefficient (Wildman–Crippen LogP) is 2.42. The molecule has 4 atom stereocenters. The third kappa shape index (κ3) is 2.49. The summed E-state index contributed by atoms with van der Waals surface area (Å²) in [5.41, 5.74) is 1.07. The van der Waals surface area contributed by atoms with Crippen LogP contribution in [-0.2, 0) is 11.3 Å². The first kappa shape index (κ1) is 15.1. The highest BCUT2D eigenvalue weighted by Crippen LogP contribution is 2.47. The van der Waals surface area contributed by atoms with Gasteiger partial charge < -0.3 is 15.0 Å². The molecule has 0 amide bonds. The van der Waals surface area contributed by atoms with E-state index in [9.17, 15) is 0 Å². The van der Waals surface area contributed by atoms with E-state index in [0.29, 0.717) is 30.6 Å². The van der Waals surface area contributed by atoms with E-state index in [1.165, 1.54) is 23.6 Å². The summed E-state index contributed by atoms with van der Waals surface area (Å²) in [6.45, 7) is 2.83. The molecule has 3 fully saturated rings. The highest BCUT2D eigenvalue weighted by atomic mass is 16.5. The minimum Gasteiger partial charge on any atom is -0.374 e. The quantitative estimate of drug-likeness (QED) is 0.676. The molecule has 25 heavy (non-hydrogen) atoms. The monoisotopic (exact) mass is 336 g/mol. The fourth-order valence-electron chi connectivity index (χ4n) is 4.95. The maximum atomic E-state index is 6.08. The van der Waals surface area contributed by atoms with Gasteiger partial charge >= 0.3 is 0 Å². The third-order valence-corrected chi connectivity index (χ3v) is 6.13. The third-order valence-electron chi connectivity index (χ3n) is 6.13. The largest absolute Gasteiger partial charge is 0.374 e. The second-order valence-electron chi connectivity index (χ2n) is 7.40. The number of benzene rings is 1. The van der Waals surface area contributed by atoms with Gasteiger partial charge in [-0.3, -0.25) is 9.98 Å². The van der Waals surface area contributed by atoms with E-state index in [0.717, 1.165) is 24.7 Å². The van der Waals surface area contributed by atoms with Crippen molar-refractivity contribution in [2.75, 3.05) is 20.1 Å². The van der Waals surface area contributed by atoms with Gasteiger partial charge in [0.1, 0.15) is 0 Å². The molecule has 0 spiro atoms. The predicted molar refractivity (Wildman–Crippen MR) is 98.4 cm³/mol. The minimum absolute atomic E-state index is 0.484. The van der Waals surface area contributed by atoms with Crippen molar-refractivity contribution in [1.29, 1.82) is 0 Å². The van der Waals surface area contributed by atoms with E-state index >= 15 is 0 Å². The molecule has 130 valence electrons. The van der Waals surface area contributed by atoms with Crippen molar-refractivity contribution in [3.8, 4) is 0 Å². The van der Waals surface area contributed by atoms with Crippen LogP contribution in [0, 0.1) is 11.8 Å². The molecule has 3 saturated heterocycles. The lowest BCUT2D eigenvalue weighted by atomic mass is 9.82. The molecule has 1 N–H and O–H groups in total. The second-order valence-corrected chi connectivity index (χ2v) is 7.40. The summed E-state index contributed by atoms with van der Waals surface area (Å²) in [6.07, 6.45) is 5.34. The lowest BCUT2D eigenvalue weighted by Gasteiger charge is -2.23. The van der Waals surface area contributed by atoms with Crippen LogP contribution >= 0.6 is 0 Å². The zero-order chi connectivity index (χ0) is 16.8. The van der Waals surface area contributed by atoms with Gasteiger partial charge in [-0.25, -0.2) is 0 Å². The number of aliphatic imine (C=N–C) groups is 1. The van der Waals surface area contributed by atoms with Crippen LogP contribution in [0.5, 0.6) is 0 Å². The number of ether oxygens (including phenoxy) is 1. The molecular weight excluding hydrogens is 312 g/mol. The Kier molecular flexibility index (Phi) is 3.63. The van der Waals surface area contributed by atoms with Gasteiger partial charge in [-0.05, 0) is 24.3 Å². The Hall–Kier alpha value is -2.14. The highest BCUT2D eigenvalue weighted by molar-refractivity contribution is 5.85. The number of rotatable bonds is 2. The molecule has 1 aromatic heterocycles. The molecule has 0 radical (unpaired) electrons. The van der Waals surface area contributed by atoms with Gasteiger partial charge in [-0.2, -0.15) is 0 Å². The summed E-state index contributed by atoms with van der Waals surface area (Å²) in [6, 6.07) is 10.5. The van der Waals surface area contributed by atoms with Gasteiger partial charge in [0.25, 0.3) is 0 Å². The van der Waals surface area contributed by atoms with Gasteiger partial charge in [-0.1, -0.05) is 24.3 Å². The number of likely N-dealkylation sites (tertiary alicyclic amines) is 1. The summed E-state index contributed by atoms with van der Waals surface area (Å²) >= 11 is 0. The normalized spacial score (nSPS) is 30.9. The summed E-state index contributed by atoms with van der Waals surface area (Å²) < 4.78 is 6.08. The number of nitrogens with one attached hydrogen (secondary N) is 1. The molecule has 2 bridgehead atoms. The lowest BCUT2D eigenvalue weighted by molar-refractivity contribution is 0.0767. The zero-order valence-corrected chi connectivity index (χ0v) is 14.6. The van der Waals surface area contributed by atoms with Crippen molar-refractivity contribution in [2.24, 2.45) is 16.8 Å². The van der Waals surface area contributed by atoms with E-state index in [-0.39, 0.29) is 0 Å². The van der Waals surface area contributed by atoms with Gasteiger partial charge in [-0.15, -0.1) is 0 Å². The molecule has 5 rings (SSSR count). The number of hydrogen-bond acceptors (Lipinski definition) is 3. The number of aromatic nitrogens is 1. The SMILES string of the molecule is CN=C(NCc1nccc2ccccc12)N1CC2C3CCC(O3)C2C1. The van der Waals surface area contributed by atoms with Crippen molar-refractivity contribution in [3.63, 3.8) is 0 Å². The Morgan fingerprint density at radius 2 is 1.96 bits per heavy atom. The van der Waals surface area contributed by atoms with Crippen LogP contribution in [0.1, 0.15) is 18.5 Å². The Morgan fingerprint density at radius 1 is 1.20 bits per heavy atom. The zero-order valence-electron chi connectivity index (χ0n) is 14.6. The summed E-state index contributed by atoms with van der Waals surface area (Å²) in [4.78, 5) is 11.5. The fraction of sp³-hybridized carbons (Fsp3) is 0.500. The number of nitrogens with zero attached hydrogens (tertiary/aromatic N) is 3. The first-order valence-corrected chi connectivity index (χ1v) is 9.27. The van der Waals surface area contributed by atoms with E-state index in [1.54, 1.807) is 0 Å². The molecular formula is C20H24N4O. The van der Waals surface area contributed by atoms with Crippen molar-refractivity contribution in [1.82, 2.24) is 15.2 Å². The fourth-order valence-corrected chi connectivity index (χ4v) is 4.95. The highest BCUT2D eigenvalue weighted by Gasteiger charge is 2.53. The molecule has 3 aliphatic rings. The maximum Gasteiger partial charge on any atom is 0.193 e. The molecule has 5 heteroatoms. The molecule has 0 aliphatic carbocycles. The number of fused-ring (bicyclic) bond motifs is 6. The first-order chi connectivity index (χ1) is 12.3. The molecule has 5 nitrogen and oxygen atoms in total. The van der Waals surface area contributed by atoms with Crippen LogP contribution in [0.2, 0.25) is 0 Å². The Labute approximate surface area is 148 Å². The summed E-state index contributed by atoms with van der Waals surface area (Å²) in [5.74, 6) is 2.37. The van der Waals surface area contributed by atoms with Gasteiger partial charge in [0.15, 0.2) is 5.96 Å². The number of pyridine rings is 1. The molecule has 4 unspecified atom stereocenters. The van der Waals surface area contributed by atoms with Crippen LogP contribution in [0.3, 0.4) is 0 Å². The van der Waals surface area contributed by atoms with Crippen LogP contribution in [0.15, 0.2) is 41.5 Å². The smallest absolute Gasteiger partial charge is 0.193 e. The van der Waals surface area contributed by atoms with Crippen molar-refractivity contribution in [3.05, 3.63) is 42.2 Å². The number of hydrogen-bond donors (Lipinski definition) is 1. The Balaban J connectivity index is 1.30. The molecule has 4 heterocycles. The Bertz CT molecular complexity index is 797. The minimum atomic E-state index is 0.484. The standard InChI is InChI=1S/C20H24N4O/c1-21-20(24-11-15-16(12-24)19-7-6-18(15)25-19)23-10-17-14-5-3-2-4-13(14)8-9-22-17/h2-5,8-9,15-16,18-19H,6-7,10-12H2,1H3,(H,21,23). The van der Waals surface area contributed by atoms with Crippen LogP contribution < -0.4 is 5.32 Å². The average Bonchev–Trinajstić information content (AvgIpc) is 3.35. The second kappa shape index (κ2) is 5.99. The summed E-state index contributed by atoms with van der Waals surface area (Å²) in [5, 5.41) is 5.97. The number of guanidine groups is 1. The van der Waals surface area contributed by atoms with E-state index in [1.807, 2.05) is 13.2 Å². The lowest BCUT2D eigenvalue weighted by Crippen LogP contribution is -2.41. The summed E-state index contributed by atoms with van der Waals surface area (Å²) in [7, 11) is 1.87. The van der Waals surface area contributed by atoms with Crippen LogP contribution in [-0.4, -0.2) is 48.2 Å². The molecule has 1 aromatic carbocycles. The van der Waals surface area contributed by atoms with E-state index in [2.05, 4.69) is 50.5 Å². The molecule has 0 saturated carbocycles. The van der Waals surface area contributed by atoms with E-state index < -0.39 is 0 Å². The topological polar surface area (TPSA) is 49.8 Å². The average molecular weight is 336 g/mol. The van der Waals surface area contributed by atoms with Crippen molar-refractivity contribution < 1.29 is 4.74 Å². The van der Waals surface area contributed by atoms with Gasteiger partial charge in [0, 0.05) is 43.6 Å². The van der Waals surface area contributed by atoms with Crippen molar-refractivity contribution >= 4 is 16.7 Å². The van der Waals surface area contributed by atoms with Crippen LogP contribution in [0.4, 0.5) is 0 Å². The first-order valence-electron chi connectivity index (χ1n) is 9.27. The molecule has 2 aromatic rings. The van der Waals surface area contributed by atoms with Gasteiger partial charge in [0.05, 0.1) is 24.4 Å². The van der Waals surface area contributed by atoms with E-state index in [4.69, 9.17) is 4.74 Å².